The van der Waals surface area contributed by atoms with Crippen molar-refractivity contribution in [1.29, 1.82) is 0 Å². The smallest absolute Gasteiger partial charge is 0.118 e. The summed E-state index contributed by atoms with van der Waals surface area (Å²) in [4.78, 5) is 1.83. The zero-order valence-electron chi connectivity index (χ0n) is 18.5. The number of methoxy groups -OCH3 is 2. The van der Waals surface area contributed by atoms with E-state index in [1.165, 1.54) is 0 Å². The molecule has 1 saturated heterocycles. The van der Waals surface area contributed by atoms with Crippen LogP contribution in [0.5, 0.6) is 11.5 Å². The largest absolute Gasteiger partial charge is 0.497 e. The zero-order chi connectivity index (χ0) is 22.9. The molecule has 0 saturated carbocycles. The van der Waals surface area contributed by atoms with Crippen molar-refractivity contribution in [3.05, 3.63) is 59.7 Å². The van der Waals surface area contributed by atoms with Gasteiger partial charge in [-0.1, -0.05) is 30.2 Å². The molecule has 0 unspecified atom stereocenters. The molecule has 0 spiro atoms. The van der Waals surface area contributed by atoms with Crippen LogP contribution in [0, 0.1) is 12.3 Å². The van der Waals surface area contributed by atoms with Crippen molar-refractivity contribution < 1.29 is 29.2 Å². The van der Waals surface area contributed by atoms with Crippen molar-refractivity contribution in [2.75, 3.05) is 33.9 Å². The molecule has 7 nitrogen and oxygen atoms in total. The number of benzene rings is 2. The van der Waals surface area contributed by atoms with Crippen LogP contribution in [0.4, 0.5) is 0 Å². The number of aliphatic hydroxyl groups is 2. The number of terminal acetylenes is 1. The number of hydrogen-bond acceptors (Lipinski definition) is 7. The Bertz CT molecular complexity index is 798. The Hall–Kier alpha value is -2.60. The minimum absolute atomic E-state index is 0.260. The Balaban J connectivity index is 1.73. The quantitative estimate of drug-likeness (QED) is 0.575. The van der Waals surface area contributed by atoms with E-state index < -0.39 is 24.4 Å². The van der Waals surface area contributed by atoms with Gasteiger partial charge in [-0.15, -0.1) is 6.42 Å². The van der Waals surface area contributed by atoms with Crippen molar-refractivity contribution >= 4 is 0 Å². The topological polar surface area (TPSA) is 80.6 Å². The van der Waals surface area contributed by atoms with Gasteiger partial charge in [-0.25, -0.2) is 0 Å². The van der Waals surface area contributed by atoms with E-state index in [-0.39, 0.29) is 26.3 Å². The maximum Gasteiger partial charge on any atom is 0.118 e. The molecule has 0 radical (unpaired) electrons. The lowest BCUT2D eigenvalue weighted by Crippen LogP contribution is -2.47. The third-order valence-electron chi connectivity index (χ3n) is 5.49. The van der Waals surface area contributed by atoms with Crippen LogP contribution in [0.3, 0.4) is 0 Å². The molecule has 1 aliphatic rings. The lowest BCUT2D eigenvalue weighted by molar-refractivity contribution is -0.155. The van der Waals surface area contributed by atoms with Crippen LogP contribution in [0.1, 0.15) is 11.1 Å². The van der Waals surface area contributed by atoms with Gasteiger partial charge in [0.05, 0.1) is 46.2 Å². The summed E-state index contributed by atoms with van der Waals surface area (Å²) < 4.78 is 22.6. The van der Waals surface area contributed by atoms with Gasteiger partial charge in [0.2, 0.25) is 0 Å². The number of β-amino-alcohol motifs (C(OH)–C–C–N with tert-alkyl or cyclic N) is 2. The van der Waals surface area contributed by atoms with Gasteiger partial charge in [-0.3, -0.25) is 4.90 Å². The van der Waals surface area contributed by atoms with E-state index >= 15 is 0 Å². The first-order valence-electron chi connectivity index (χ1n) is 10.5. The summed E-state index contributed by atoms with van der Waals surface area (Å²) in [5, 5.41) is 21.8. The predicted octanol–water partition coefficient (Wildman–Crippen LogP) is 1.84. The molecular weight excluding hydrogens is 410 g/mol. The zero-order valence-corrected chi connectivity index (χ0v) is 18.5. The maximum absolute atomic E-state index is 10.9. The molecule has 0 bridgehead atoms. The Labute approximate surface area is 189 Å². The summed E-state index contributed by atoms with van der Waals surface area (Å²) in [5.41, 5.74) is 1.84. The minimum atomic E-state index is -0.875. The van der Waals surface area contributed by atoms with Gasteiger partial charge in [-0.2, -0.15) is 0 Å². The summed E-state index contributed by atoms with van der Waals surface area (Å²) in [5.74, 6) is 4.08. The third-order valence-corrected chi connectivity index (χ3v) is 5.49. The standard InChI is InChI=1S/C25H31NO6/c1-4-13-26-14-22(27)24(31-16-18-5-9-20(29-2)10-6-18)25(23(28)15-26)32-17-19-7-11-21(30-3)12-8-19/h1,5-12,22-25,27-28H,13-17H2,2-3H3/t22-,23-,24+,25+/m0/s1. The summed E-state index contributed by atoms with van der Waals surface area (Å²) in [7, 11) is 3.23. The SMILES string of the molecule is C#CCN1C[C@H](O)[C@@H](OCc2ccc(OC)cc2)[C@H](OCc2ccc(OC)cc2)[C@@H](O)C1. The molecular formula is C25H31NO6. The number of nitrogens with zero attached hydrogens (tertiary/aromatic N) is 1. The van der Waals surface area contributed by atoms with Gasteiger partial charge in [0.15, 0.2) is 0 Å². The second-order valence-corrected chi connectivity index (χ2v) is 7.78. The van der Waals surface area contributed by atoms with Crippen molar-refractivity contribution in [3.8, 4) is 23.8 Å². The molecule has 172 valence electrons. The van der Waals surface area contributed by atoms with Gasteiger partial charge >= 0.3 is 0 Å². The Morgan fingerprint density at radius 3 is 1.56 bits per heavy atom. The summed E-state index contributed by atoms with van der Waals surface area (Å²) in [6.07, 6.45) is 2.24. The summed E-state index contributed by atoms with van der Waals surface area (Å²) in [6.45, 7) is 1.42. The van der Waals surface area contributed by atoms with Crippen molar-refractivity contribution in [3.63, 3.8) is 0 Å². The van der Waals surface area contributed by atoms with Crippen LogP contribution in [-0.2, 0) is 22.7 Å². The van der Waals surface area contributed by atoms with Crippen LogP contribution < -0.4 is 9.47 Å². The lowest BCUT2D eigenvalue weighted by atomic mass is 10.0. The van der Waals surface area contributed by atoms with Crippen molar-refractivity contribution in [2.45, 2.75) is 37.6 Å². The average Bonchev–Trinajstić information content (AvgIpc) is 2.92. The molecule has 4 atom stereocenters. The first kappa shape index (κ1) is 24.1. The van der Waals surface area contributed by atoms with Gasteiger partial charge in [0, 0.05) is 13.1 Å². The molecule has 2 aromatic rings. The van der Waals surface area contributed by atoms with Crippen LogP contribution in [0.2, 0.25) is 0 Å². The Kier molecular flexibility index (Phi) is 8.91. The van der Waals surface area contributed by atoms with Crippen molar-refractivity contribution in [2.24, 2.45) is 0 Å². The van der Waals surface area contributed by atoms with Gasteiger partial charge in [-0.05, 0) is 35.4 Å². The number of aliphatic hydroxyl groups excluding tert-OH is 2. The molecule has 1 heterocycles. The monoisotopic (exact) mass is 441 g/mol. The molecule has 3 rings (SSSR count). The van der Waals surface area contributed by atoms with Gasteiger partial charge in [0.25, 0.3) is 0 Å². The Morgan fingerprint density at radius 1 is 0.812 bits per heavy atom. The van der Waals surface area contributed by atoms with E-state index in [0.29, 0.717) is 6.54 Å². The highest BCUT2D eigenvalue weighted by molar-refractivity contribution is 5.27. The van der Waals surface area contributed by atoms with Gasteiger partial charge in [0.1, 0.15) is 23.7 Å². The van der Waals surface area contributed by atoms with Crippen LogP contribution in [0.25, 0.3) is 0 Å². The fourth-order valence-corrected chi connectivity index (χ4v) is 3.75. The van der Waals surface area contributed by atoms with E-state index in [4.69, 9.17) is 25.4 Å². The average molecular weight is 442 g/mol. The normalized spacial score (nSPS) is 23.8. The highest BCUT2D eigenvalue weighted by Crippen LogP contribution is 2.23. The van der Waals surface area contributed by atoms with E-state index in [2.05, 4.69) is 5.92 Å². The van der Waals surface area contributed by atoms with E-state index in [0.717, 1.165) is 22.6 Å². The fourth-order valence-electron chi connectivity index (χ4n) is 3.75. The van der Waals surface area contributed by atoms with Crippen molar-refractivity contribution in [1.82, 2.24) is 4.90 Å². The molecule has 0 aliphatic carbocycles. The van der Waals surface area contributed by atoms with E-state index in [9.17, 15) is 10.2 Å². The number of likely N-dealkylation sites (tertiary alicyclic amines) is 1. The van der Waals surface area contributed by atoms with E-state index in [1.807, 2.05) is 53.4 Å². The third kappa shape index (κ3) is 6.45. The molecule has 2 N–H and O–H groups in total. The van der Waals surface area contributed by atoms with Crippen LogP contribution >= 0.6 is 0 Å². The van der Waals surface area contributed by atoms with E-state index in [1.54, 1.807) is 14.2 Å². The predicted molar refractivity (Wildman–Crippen MR) is 120 cm³/mol. The maximum atomic E-state index is 10.9. The van der Waals surface area contributed by atoms with Crippen LogP contribution in [-0.4, -0.2) is 73.4 Å². The second kappa shape index (κ2) is 11.9. The summed E-state index contributed by atoms with van der Waals surface area (Å²) >= 11 is 0. The molecule has 32 heavy (non-hydrogen) atoms. The molecule has 0 amide bonds. The highest BCUT2D eigenvalue weighted by atomic mass is 16.6. The molecule has 1 fully saturated rings. The van der Waals surface area contributed by atoms with Gasteiger partial charge < -0.3 is 29.2 Å². The fraction of sp³-hybridized carbons (Fsp3) is 0.440. The Morgan fingerprint density at radius 2 is 1.22 bits per heavy atom. The second-order valence-electron chi connectivity index (χ2n) is 7.78. The number of rotatable bonds is 9. The lowest BCUT2D eigenvalue weighted by Gasteiger charge is -2.31. The minimum Gasteiger partial charge on any atom is -0.497 e. The molecule has 7 heteroatoms. The first-order valence-corrected chi connectivity index (χ1v) is 10.5. The summed E-state index contributed by atoms with van der Waals surface area (Å²) in [6, 6.07) is 15.0. The highest BCUT2D eigenvalue weighted by Gasteiger charge is 2.40. The molecule has 2 aromatic carbocycles. The number of hydrogen-bond donors (Lipinski definition) is 2. The first-order chi connectivity index (χ1) is 15.5. The molecule has 1 aliphatic heterocycles. The van der Waals surface area contributed by atoms with Crippen LogP contribution in [0.15, 0.2) is 48.5 Å². The molecule has 0 aromatic heterocycles. The number of ether oxygens (including phenoxy) is 4.